The summed E-state index contributed by atoms with van der Waals surface area (Å²) in [5.41, 5.74) is 3.49. The molecule has 1 N–H and O–H groups in total. The maximum absolute atomic E-state index is 13.1. The fourth-order valence-electron chi connectivity index (χ4n) is 4.57. The van der Waals surface area contributed by atoms with Gasteiger partial charge in [-0.15, -0.1) is 11.3 Å². The summed E-state index contributed by atoms with van der Waals surface area (Å²) in [4.78, 5) is 16.7. The maximum Gasteiger partial charge on any atom is 0.267 e. The Kier molecular flexibility index (Phi) is 6.10. The lowest BCUT2D eigenvalue weighted by Crippen LogP contribution is -2.33. The topological polar surface area (TPSA) is 55.1 Å². The van der Waals surface area contributed by atoms with Crippen molar-refractivity contribution >= 4 is 28.3 Å². The molecule has 1 aliphatic rings. The Morgan fingerprint density at radius 2 is 1.91 bits per heavy atom. The summed E-state index contributed by atoms with van der Waals surface area (Å²) in [6.07, 6.45) is 4.93. The van der Waals surface area contributed by atoms with E-state index in [9.17, 15) is 4.79 Å². The van der Waals surface area contributed by atoms with E-state index in [4.69, 9.17) is 5.10 Å². The van der Waals surface area contributed by atoms with Gasteiger partial charge in [0.2, 0.25) is 0 Å². The van der Waals surface area contributed by atoms with E-state index < -0.39 is 0 Å². The van der Waals surface area contributed by atoms with E-state index in [0.717, 1.165) is 40.3 Å². The lowest BCUT2D eigenvalue weighted by molar-refractivity contribution is 0.0943. The highest BCUT2D eigenvalue weighted by atomic mass is 32.1. The maximum atomic E-state index is 13.1. The minimum absolute atomic E-state index is 0.0286. The number of benzene rings is 1. The second-order valence-electron chi connectivity index (χ2n) is 8.41. The number of nitrogens with zero attached hydrogens (tertiary/aromatic N) is 4. The van der Waals surface area contributed by atoms with Crippen molar-refractivity contribution in [3.63, 3.8) is 0 Å². The molecule has 1 saturated heterocycles. The third-order valence-corrected chi connectivity index (χ3v) is 7.11. The number of aromatic nitrogens is 3. The molecule has 1 aromatic carbocycles. The first-order chi connectivity index (χ1) is 15.7. The number of aryl methyl sites for hydroxylation is 1. The first-order valence-corrected chi connectivity index (χ1v) is 12.3. The Labute approximate surface area is 192 Å². The molecule has 166 valence electrons. The number of likely N-dealkylation sites (tertiary alicyclic amines) is 1. The van der Waals surface area contributed by atoms with Crippen LogP contribution < -0.4 is 5.32 Å². The molecule has 7 heteroatoms. The summed E-state index contributed by atoms with van der Waals surface area (Å²) in [6, 6.07) is 16.2. The van der Waals surface area contributed by atoms with Crippen LogP contribution in [0.1, 0.15) is 36.2 Å². The Balaban J connectivity index is 1.40. The van der Waals surface area contributed by atoms with Crippen molar-refractivity contribution in [1.82, 2.24) is 24.6 Å². The van der Waals surface area contributed by atoms with Crippen molar-refractivity contribution in [3.8, 4) is 16.3 Å². The van der Waals surface area contributed by atoms with Crippen molar-refractivity contribution in [3.05, 3.63) is 59.6 Å². The Hall–Kier alpha value is -2.90. The minimum atomic E-state index is -0.0286. The van der Waals surface area contributed by atoms with Gasteiger partial charge in [-0.05, 0) is 68.5 Å². The molecule has 1 aliphatic heterocycles. The molecule has 3 aromatic heterocycles. The molecular weight excluding hydrogens is 418 g/mol. The molecule has 0 radical (unpaired) electrons. The number of thiophene rings is 1. The van der Waals surface area contributed by atoms with Gasteiger partial charge in [0.25, 0.3) is 5.91 Å². The van der Waals surface area contributed by atoms with Gasteiger partial charge in [0.15, 0.2) is 0 Å². The monoisotopic (exact) mass is 447 g/mol. The van der Waals surface area contributed by atoms with E-state index in [1.807, 2.05) is 58.8 Å². The van der Waals surface area contributed by atoms with E-state index >= 15 is 0 Å². The zero-order valence-electron chi connectivity index (χ0n) is 18.5. The Morgan fingerprint density at radius 3 is 2.66 bits per heavy atom. The fraction of sp³-hybridized carbons (Fsp3) is 0.360. The standard InChI is InChI=1S/C25H29N5OS/c1-28-21(24(31)26-13-9-16-29-14-6-3-7-15-29)18-20-23(22-12-8-17-32-22)27-30(25(20)28)19-10-4-2-5-11-19/h2,4-5,8,10-12,17-18H,3,6-7,9,13-16H2,1H3,(H,26,31). The summed E-state index contributed by atoms with van der Waals surface area (Å²) in [6.45, 7) is 4.14. The third-order valence-electron chi connectivity index (χ3n) is 6.23. The molecule has 32 heavy (non-hydrogen) atoms. The molecule has 4 heterocycles. The van der Waals surface area contributed by atoms with Crippen LogP contribution in [0, 0.1) is 0 Å². The van der Waals surface area contributed by atoms with E-state index in [-0.39, 0.29) is 5.91 Å². The van der Waals surface area contributed by atoms with Crippen LogP contribution >= 0.6 is 11.3 Å². The molecule has 0 spiro atoms. The van der Waals surface area contributed by atoms with E-state index in [2.05, 4.69) is 21.7 Å². The molecule has 0 unspecified atom stereocenters. The van der Waals surface area contributed by atoms with Gasteiger partial charge in [0.05, 0.1) is 10.6 Å². The number of fused-ring (bicyclic) bond motifs is 1. The number of carbonyl (C=O) groups is 1. The predicted molar refractivity (Wildman–Crippen MR) is 131 cm³/mol. The van der Waals surface area contributed by atoms with Crippen LogP contribution in [0.25, 0.3) is 27.3 Å². The van der Waals surface area contributed by atoms with Gasteiger partial charge in [-0.25, -0.2) is 4.68 Å². The molecule has 1 amide bonds. The van der Waals surface area contributed by atoms with Gasteiger partial charge in [-0.1, -0.05) is 30.7 Å². The van der Waals surface area contributed by atoms with Crippen LogP contribution in [0.5, 0.6) is 0 Å². The van der Waals surface area contributed by atoms with Crippen LogP contribution in [-0.2, 0) is 7.05 Å². The van der Waals surface area contributed by atoms with Gasteiger partial charge in [0, 0.05) is 19.0 Å². The highest BCUT2D eigenvalue weighted by molar-refractivity contribution is 7.13. The van der Waals surface area contributed by atoms with Crippen molar-refractivity contribution in [2.75, 3.05) is 26.2 Å². The van der Waals surface area contributed by atoms with Gasteiger partial charge in [-0.3, -0.25) is 4.79 Å². The average molecular weight is 448 g/mol. The number of rotatable bonds is 7. The minimum Gasteiger partial charge on any atom is -0.351 e. The quantitative estimate of drug-likeness (QED) is 0.418. The summed E-state index contributed by atoms with van der Waals surface area (Å²) in [7, 11) is 1.95. The Bertz CT molecular complexity index is 1190. The number of amides is 1. The highest BCUT2D eigenvalue weighted by Gasteiger charge is 2.22. The van der Waals surface area contributed by atoms with E-state index in [1.54, 1.807) is 11.3 Å². The molecule has 1 fully saturated rings. The largest absolute Gasteiger partial charge is 0.351 e. The summed E-state index contributed by atoms with van der Waals surface area (Å²) >= 11 is 1.66. The predicted octanol–water partition coefficient (Wildman–Crippen LogP) is 4.70. The van der Waals surface area contributed by atoms with Gasteiger partial charge in [-0.2, -0.15) is 5.10 Å². The number of piperidine rings is 1. The van der Waals surface area contributed by atoms with Crippen molar-refractivity contribution in [2.45, 2.75) is 25.7 Å². The lowest BCUT2D eigenvalue weighted by Gasteiger charge is -2.26. The normalized spacial score (nSPS) is 14.8. The molecule has 5 rings (SSSR count). The molecular formula is C25H29N5OS. The highest BCUT2D eigenvalue weighted by Crippen LogP contribution is 2.34. The van der Waals surface area contributed by atoms with Crippen molar-refractivity contribution in [2.24, 2.45) is 7.05 Å². The lowest BCUT2D eigenvalue weighted by atomic mass is 10.1. The van der Waals surface area contributed by atoms with Crippen LogP contribution in [0.3, 0.4) is 0 Å². The summed E-state index contributed by atoms with van der Waals surface area (Å²) < 4.78 is 3.91. The first kappa shape index (κ1) is 21.0. The number of nitrogens with one attached hydrogen (secondary N) is 1. The van der Waals surface area contributed by atoms with Gasteiger partial charge in [0.1, 0.15) is 17.0 Å². The van der Waals surface area contributed by atoms with Crippen LogP contribution in [0.2, 0.25) is 0 Å². The van der Waals surface area contributed by atoms with Gasteiger partial charge < -0.3 is 14.8 Å². The third kappa shape index (κ3) is 4.10. The number of hydrogen-bond acceptors (Lipinski definition) is 4. The zero-order valence-corrected chi connectivity index (χ0v) is 19.3. The molecule has 4 aromatic rings. The molecule has 6 nitrogen and oxygen atoms in total. The van der Waals surface area contributed by atoms with E-state index in [0.29, 0.717) is 12.2 Å². The SMILES string of the molecule is Cn1c(C(=O)NCCCN2CCCCC2)cc2c(-c3cccs3)nn(-c3ccccc3)c21. The fourth-order valence-corrected chi connectivity index (χ4v) is 5.29. The van der Waals surface area contributed by atoms with E-state index in [1.165, 1.54) is 32.4 Å². The molecule has 0 aliphatic carbocycles. The molecule has 0 bridgehead atoms. The van der Waals surface area contributed by atoms with Crippen molar-refractivity contribution in [1.29, 1.82) is 0 Å². The zero-order chi connectivity index (χ0) is 21.9. The number of carbonyl (C=O) groups excluding carboxylic acids is 1. The second kappa shape index (κ2) is 9.30. The van der Waals surface area contributed by atoms with Crippen LogP contribution in [-0.4, -0.2) is 51.3 Å². The smallest absolute Gasteiger partial charge is 0.267 e. The number of para-hydroxylation sites is 1. The Morgan fingerprint density at radius 1 is 1.09 bits per heavy atom. The molecule has 0 saturated carbocycles. The number of hydrogen-bond donors (Lipinski definition) is 1. The molecule has 0 atom stereocenters. The van der Waals surface area contributed by atoms with Crippen LogP contribution in [0.15, 0.2) is 53.9 Å². The van der Waals surface area contributed by atoms with Crippen LogP contribution in [0.4, 0.5) is 0 Å². The van der Waals surface area contributed by atoms with Crippen molar-refractivity contribution < 1.29 is 4.79 Å². The van der Waals surface area contributed by atoms with Gasteiger partial charge >= 0.3 is 0 Å². The summed E-state index contributed by atoms with van der Waals surface area (Å²) in [5.74, 6) is -0.0286. The second-order valence-corrected chi connectivity index (χ2v) is 9.36. The average Bonchev–Trinajstić information content (AvgIpc) is 3.55. The first-order valence-electron chi connectivity index (χ1n) is 11.4. The summed E-state index contributed by atoms with van der Waals surface area (Å²) in [5, 5.41) is 11.1.